The molecule has 0 saturated carbocycles. The van der Waals surface area contributed by atoms with Crippen LogP contribution in [0.2, 0.25) is 0 Å². The molecule has 3 aromatic carbocycles. The van der Waals surface area contributed by atoms with Crippen LogP contribution < -0.4 is 5.56 Å². The number of piperazine rings is 1. The number of nitrogens with zero attached hydrogens (tertiary/aromatic N) is 3. The van der Waals surface area contributed by atoms with Crippen molar-refractivity contribution >= 4 is 45.2 Å². The summed E-state index contributed by atoms with van der Waals surface area (Å²) in [5.41, 5.74) is 2.02. The van der Waals surface area contributed by atoms with E-state index in [2.05, 4.69) is 32.8 Å². The molecular formula is C28H24FIN4O3. The first-order chi connectivity index (χ1) is 17.9. The molecule has 188 valence electrons. The zero-order valence-electron chi connectivity index (χ0n) is 19.9. The van der Waals surface area contributed by atoms with E-state index in [0.717, 1.165) is 14.5 Å². The number of halogens is 2. The van der Waals surface area contributed by atoms with Gasteiger partial charge in [0, 0.05) is 41.6 Å². The highest BCUT2D eigenvalue weighted by Crippen LogP contribution is 2.20. The smallest absolute Gasteiger partial charge is 0.272 e. The normalized spacial score (nSPS) is 13.7. The Hall–Kier alpha value is -3.60. The highest BCUT2D eigenvalue weighted by atomic mass is 127. The molecule has 0 radical (unpaired) electrons. The molecule has 1 saturated heterocycles. The van der Waals surface area contributed by atoms with Gasteiger partial charge in [-0.1, -0.05) is 36.4 Å². The average Bonchev–Trinajstić information content (AvgIpc) is 2.92. The Morgan fingerprint density at radius 1 is 0.892 bits per heavy atom. The monoisotopic (exact) mass is 610 g/mol. The molecule has 5 rings (SSSR count). The molecule has 0 unspecified atom stereocenters. The molecule has 9 heteroatoms. The van der Waals surface area contributed by atoms with Crippen molar-refractivity contribution in [2.24, 2.45) is 0 Å². The summed E-state index contributed by atoms with van der Waals surface area (Å²) in [5.74, 6) is -0.976. The highest BCUT2D eigenvalue weighted by Gasteiger charge is 2.26. The molecule has 37 heavy (non-hydrogen) atoms. The minimum absolute atomic E-state index is 0.00936. The second-order valence-electron chi connectivity index (χ2n) is 9.01. The van der Waals surface area contributed by atoms with E-state index in [0.29, 0.717) is 55.7 Å². The Balaban J connectivity index is 1.26. The van der Waals surface area contributed by atoms with Gasteiger partial charge in [0.1, 0.15) is 5.82 Å². The van der Waals surface area contributed by atoms with Gasteiger partial charge in [-0.25, -0.2) is 9.49 Å². The van der Waals surface area contributed by atoms with E-state index in [-0.39, 0.29) is 17.0 Å². The van der Waals surface area contributed by atoms with E-state index >= 15 is 0 Å². The molecule has 4 aromatic rings. The Morgan fingerprint density at radius 3 is 2.27 bits per heavy atom. The first kappa shape index (κ1) is 25.1. The summed E-state index contributed by atoms with van der Waals surface area (Å²) in [6.07, 6.45) is 0.647. The third kappa shape index (κ3) is 5.56. The fourth-order valence-electron chi connectivity index (χ4n) is 4.56. The van der Waals surface area contributed by atoms with E-state index in [1.165, 1.54) is 6.07 Å². The predicted octanol–water partition coefficient (Wildman–Crippen LogP) is 3.78. The van der Waals surface area contributed by atoms with E-state index in [4.69, 9.17) is 0 Å². The number of H-pyrrole nitrogens is 1. The number of rotatable bonds is 5. The molecule has 2 amide bonds. The molecule has 0 spiro atoms. The van der Waals surface area contributed by atoms with E-state index < -0.39 is 11.7 Å². The summed E-state index contributed by atoms with van der Waals surface area (Å²) in [6, 6.07) is 19.5. The third-order valence-corrected chi connectivity index (χ3v) is 7.32. The van der Waals surface area contributed by atoms with Crippen LogP contribution in [-0.4, -0.2) is 58.0 Å². The van der Waals surface area contributed by atoms with E-state index in [9.17, 15) is 18.8 Å². The lowest BCUT2D eigenvalue weighted by Gasteiger charge is -2.35. The van der Waals surface area contributed by atoms with Crippen LogP contribution in [0.1, 0.15) is 27.2 Å². The summed E-state index contributed by atoms with van der Waals surface area (Å²) in [7, 11) is 0. The fourth-order valence-corrected chi connectivity index (χ4v) is 4.92. The van der Waals surface area contributed by atoms with Gasteiger partial charge >= 0.3 is 0 Å². The number of benzene rings is 3. The Labute approximate surface area is 226 Å². The van der Waals surface area contributed by atoms with Gasteiger partial charge in [0.05, 0.1) is 23.1 Å². The summed E-state index contributed by atoms with van der Waals surface area (Å²) in [4.78, 5) is 41.3. The van der Waals surface area contributed by atoms with Crippen molar-refractivity contribution in [2.75, 3.05) is 26.2 Å². The second kappa shape index (κ2) is 10.8. The molecular weight excluding hydrogens is 586 g/mol. The van der Waals surface area contributed by atoms with Crippen LogP contribution in [0.25, 0.3) is 10.8 Å². The molecule has 0 aliphatic carbocycles. The number of aromatic nitrogens is 2. The number of hydrogen-bond acceptors (Lipinski definition) is 4. The molecule has 0 bridgehead atoms. The fraction of sp³-hybridized carbons (Fsp3) is 0.214. The number of fused-ring (bicyclic) bond motifs is 1. The zero-order chi connectivity index (χ0) is 25.9. The molecule has 1 aliphatic heterocycles. The van der Waals surface area contributed by atoms with Crippen molar-refractivity contribution in [3.8, 4) is 0 Å². The number of nitrogens with one attached hydrogen (secondary N) is 1. The Kier molecular flexibility index (Phi) is 7.31. The van der Waals surface area contributed by atoms with Gasteiger partial charge in [-0.15, -0.1) is 0 Å². The molecule has 1 fully saturated rings. The molecule has 1 N–H and O–H groups in total. The summed E-state index contributed by atoms with van der Waals surface area (Å²) >= 11 is 2.22. The number of amides is 2. The van der Waals surface area contributed by atoms with Crippen LogP contribution >= 0.6 is 22.6 Å². The van der Waals surface area contributed by atoms with Gasteiger partial charge in [-0.3, -0.25) is 14.4 Å². The number of carbonyl (C=O) groups is 2. The van der Waals surface area contributed by atoms with Gasteiger partial charge in [0.2, 0.25) is 5.91 Å². The van der Waals surface area contributed by atoms with Gasteiger partial charge < -0.3 is 9.80 Å². The lowest BCUT2D eigenvalue weighted by atomic mass is 10.0. The lowest BCUT2D eigenvalue weighted by Crippen LogP contribution is -2.51. The predicted molar refractivity (Wildman–Crippen MR) is 147 cm³/mol. The molecule has 2 heterocycles. The van der Waals surface area contributed by atoms with Crippen molar-refractivity contribution in [3.05, 3.63) is 109 Å². The summed E-state index contributed by atoms with van der Waals surface area (Å²) < 4.78 is 15.8. The van der Waals surface area contributed by atoms with E-state index in [1.54, 1.807) is 34.1 Å². The van der Waals surface area contributed by atoms with E-state index in [1.807, 2.05) is 36.4 Å². The molecule has 1 aromatic heterocycles. The lowest BCUT2D eigenvalue weighted by molar-refractivity contribution is -0.131. The summed E-state index contributed by atoms with van der Waals surface area (Å²) in [6.45, 7) is 1.49. The van der Waals surface area contributed by atoms with Crippen molar-refractivity contribution < 1.29 is 14.0 Å². The van der Waals surface area contributed by atoms with Crippen LogP contribution in [0, 0.1) is 9.39 Å². The Morgan fingerprint density at radius 2 is 1.54 bits per heavy atom. The van der Waals surface area contributed by atoms with Crippen LogP contribution in [-0.2, 0) is 17.6 Å². The van der Waals surface area contributed by atoms with Crippen molar-refractivity contribution in [2.45, 2.75) is 12.8 Å². The van der Waals surface area contributed by atoms with Crippen molar-refractivity contribution in [1.82, 2.24) is 20.0 Å². The van der Waals surface area contributed by atoms with Crippen LogP contribution in [0.3, 0.4) is 0 Å². The maximum absolute atomic E-state index is 14.7. The number of carbonyl (C=O) groups excluding carboxylic acids is 2. The van der Waals surface area contributed by atoms with Crippen molar-refractivity contribution in [3.63, 3.8) is 0 Å². The molecule has 0 atom stereocenters. The standard InChI is InChI=1S/C28H24FIN4O3/c29-24-10-7-19(16-25-21-3-1-2-4-22(21)27(36)32-31-25)15-23(24)28(37)34-13-11-33(12-14-34)26(35)17-18-5-8-20(30)9-6-18/h1-10,15H,11-14,16-17H2,(H,32,36). The topological polar surface area (TPSA) is 86.4 Å². The zero-order valence-corrected chi connectivity index (χ0v) is 22.1. The minimum Gasteiger partial charge on any atom is -0.339 e. The first-order valence-corrected chi connectivity index (χ1v) is 13.0. The van der Waals surface area contributed by atoms with Crippen molar-refractivity contribution in [1.29, 1.82) is 0 Å². The van der Waals surface area contributed by atoms with Gasteiger partial charge in [0.15, 0.2) is 0 Å². The quantitative estimate of drug-likeness (QED) is 0.349. The third-order valence-electron chi connectivity index (χ3n) is 6.60. The number of aromatic amines is 1. The maximum Gasteiger partial charge on any atom is 0.272 e. The maximum atomic E-state index is 14.7. The summed E-state index contributed by atoms with van der Waals surface area (Å²) in [5, 5.41) is 7.94. The highest BCUT2D eigenvalue weighted by molar-refractivity contribution is 14.1. The SMILES string of the molecule is O=C(Cc1ccc(I)cc1)N1CCN(C(=O)c2cc(Cc3n[nH]c(=O)c4ccccc34)ccc2F)CC1. The van der Waals surface area contributed by atoms with Crippen LogP contribution in [0.4, 0.5) is 4.39 Å². The Bertz CT molecular complexity index is 1530. The van der Waals surface area contributed by atoms with Gasteiger partial charge in [-0.2, -0.15) is 5.10 Å². The largest absolute Gasteiger partial charge is 0.339 e. The van der Waals surface area contributed by atoms with Crippen LogP contribution in [0.5, 0.6) is 0 Å². The first-order valence-electron chi connectivity index (χ1n) is 12.0. The number of hydrogen-bond donors (Lipinski definition) is 1. The average molecular weight is 610 g/mol. The van der Waals surface area contributed by atoms with Crippen LogP contribution in [0.15, 0.2) is 71.5 Å². The molecule has 1 aliphatic rings. The van der Waals surface area contributed by atoms with Gasteiger partial charge in [0.25, 0.3) is 11.5 Å². The van der Waals surface area contributed by atoms with Gasteiger partial charge in [-0.05, 0) is 64.0 Å². The molecule has 7 nitrogen and oxygen atoms in total. The minimum atomic E-state index is -0.592. The second-order valence-corrected chi connectivity index (χ2v) is 10.3.